The summed E-state index contributed by atoms with van der Waals surface area (Å²) in [7, 11) is 0. The molecule has 1 N–H and O–H groups in total. The smallest absolute Gasteiger partial charge is 0.276 e. The monoisotopic (exact) mass is 267 g/mol. The minimum Gasteiger partial charge on any atom is -0.296 e. The van der Waals surface area contributed by atoms with Gasteiger partial charge in [0.1, 0.15) is 5.69 Å². The second-order valence-electron chi connectivity index (χ2n) is 3.32. The number of carbonyl (C=O) groups is 2. The van der Waals surface area contributed by atoms with E-state index in [1.165, 1.54) is 29.6 Å². The minimum absolute atomic E-state index is 0.0471. The first-order valence-corrected chi connectivity index (χ1v) is 6.51. The van der Waals surface area contributed by atoms with Crippen LogP contribution in [0.1, 0.15) is 32.8 Å². The number of amides is 1. The van der Waals surface area contributed by atoms with Crippen molar-refractivity contribution in [2.75, 3.05) is 5.32 Å². The molecule has 88 valence electrons. The van der Waals surface area contributed by atoms with Gasteiger partial charge >= 0.3 is 0 Å². The van der Waals surface area contributed by atoms with Crippen LogP contribution >= 0.6 is 22.7 Å². The highest BCUT2D eigenvalue weighted by Crippen LogP contribution is 2.23. The molecule has 2 heterocycles. The number of rotatable bonds is 3. The van der Waals surface area contributed by atoms with E-state index in [1.54, 1.807) is 17.8 Å². The van der Waals surface area contributed by atoms with Gasteiger partial charge in [0, 0.05) is 12.3 Å². The molecule has 0 aliphatic heterocycles. The lowest BCUT2D eigenvalue weighted by Gasteiger charge is -1.96. The van der Waals surface area contributed by atoms with Crippen molar-refractivity contribution in [2.24, 2.45) is 0 Å². The van der Waals surface area contributed by atoms with Crippen molar-refractivity contribution in [3.05, 3.63) is 27.2 Å². The molecule has 0 aliphatic rings. The van der Waals surface area contributed by atoms with Crippen LogP contribution in [0.4, 0.5) is 5.13 Å². The van der Waals surface area contributed by atoms with E-state index >= 15 is 0 Å². The fourth-order valence-corrected chi connectivity index (χ4v) is 2.65. The van der Waals surface area contributed by atoms with E-state index in [-0.39, 0.29) is 11.7 Å². The third-order valence-corrected chi connectivity index (χ3v) is 3.76. The Morgan fingerprint density at radius 1 is 1.41 bits per heavy atom. The van der Waals surface area contributed by atoms with Crippen LogP contribution < -0.4 is 5.32 Å². The number of nitrogens with one attached hydrogen (secondary N) is 1. The van der Waals surface area contributed by atoms with Crippen molar-refractivity contribution in [3.63, 3.8) is 0 Å². The number of carbonyl (C=O) groups excluding carboxylic acids is 2. The normalized spacial score (nSPS) is 10.2. The molecule has 7 heteroatoms. The summed E-state index contributed by atoms with van der Waals surface area (Å²) in [5.41, 5.74) is 2.58. The van der Waals surface area contributed by atoms with E-state index in [1.807, 2.05) is 0 Å². The first kappa shape index (κ1) is 11.9. The molecule has 0 fully saturated rings. The molecule has 2 aromatic rings. The zero-order chi connectivity index (χ0) is 12.4. The molecule has 17 heavy (non-hydrogen) atoms. The van der Waals surface area contributed by atoms with Crippen LogP contribution in [0.2, 0.25) is 0 Å². The Bertz CT molecular complexity index is 560. The number of thiazole rings is 2. The number of aryl methyl sites for hydroxylation is 1. The standard InChI is InChI=1S/C10H9N3O2S2/c1-5-8(6(2)14)17-10(12-5)13-9(15)7-3-16-4-11-7/h3-4H,1-2H3,(H,12,13,15). The van der Waals surface area contributed by atoms with Crippen LogP contribution in [0.5, 0.6) is 0 Å². The Kier molecular flexibility index (Phi) is 3.30. The van der Waals surface area contributed by atoms with Gasteiger partial charge in [0.15, 0.2) is 10.9 Å². The molecule has 0 aromatic carbocycles. The number of nitrogens with zero attached hydrogens (tertiary/aromatic N) is 2. The Morgan fingerprint density at radius 2 is 2.18 bits per heavy atom. The van der Waals surface area contributed by atoms with E-state index in [0.717, 1.165) is 0 Å². The molecule has 0 atom stereocenters. The van der Waals surface area contributed by atoms with Crippen molar-refractivity contribution >= 4 is 39.5 Å². The average molecular weight is 267 g/mol. The Morgan fingerprint density at radius 3 is 2.71 bits per heavy atom. The van der Waals surface area contributed by atoms with E-state index in [2.05, 4.69) is 15.3 Å². The van der Waals surface area contributed by atoms with Gasteiger partial charge in [0.2, 0.25) is 0 Å². The lowest BCUT2D eigenvalue weighted by Crippen LogP contribution is -2.11. The summed E-state index contributed by atoms with van der Waals surface area (Å²) in [4.78, 5) is 31.5. The summed E-state index contributed by atoms with van der Waals surface area (Å²) in [6, 6.07) is 0. The lowest BCUT2D eigenvalue weighted by molar-refractivity contribution is 0.101. The third kappa shape index (κ3) is 2.56. The summed E-state index contributed by atoms with van der Waals surface area (Å²) in [5.74, 6) is -0.357. The molecular weight excluding hydrogens is 258 g/mol. The van der Waals surface area contributed by atoms with Crippen LogP contribution in [0.3, 0.4) is 0 Å². The van der Waals surface area contributed by atoms with E-state index in [4.69, 9.17) is 0 Å². The van der Waals surface area contributed by atoms with Crippen LogP contribution in [0, 0.1) is 6.92 Å². The molecule has 0 aliphatic carbocycles. The van der Waals surface area contributed by atoms with Crippen LogP contribution in [-0.4, -0.2) is 21.7 Å². The Hall–Kier alpha value is -1.60. The fraction of sp³-hybridized carbons (Fsp3) is 0.200. The van der Waals surface area contributed by atoms with Crippen LogP contribution in [-0.2, 0) is 0 Å². The van der Waals surface area contributed by atoms with Gasteiger partial charge in [0.05, 0.1) is 16.1 Å². The maximum absolute atomic E-state index is 11.7. The van der Waals surface area contributed by atoms with E-state index < -0.39 is 0 Å². The topological polar surface area (TPSA) is 72.0 Å². The molecule has 0 unspecified atom stereocenters. The average Bonchev–Trinajstić information content (AvgIpc) is 2.86. The van der Waals surface area contributed by atoms with E-state index in [9.17, 15) is 9.59 Å². The number of anilines is 1. The number of Topliss-reactive ketones (excluding diaryl/α,β-unsaturated/α-hetero) is 1. The second-order valence-corrected chi connectivity index (χ2v) is 5.04. The van der Waals surface area contributed by atoms with Gasteiger partial charge in [-0.05, 0) is 6.92 Å². The molecule has 2 aromatic heterocycles. The molecular formula is C10H9N3O2S2. The largest absolute Gasteiger partial charge is 0.296 e. The number of ketones is 1. The number of hydrogen-bond donors (Lipinski definition) is 1. The zero-order valence-corrected chi connectivity index (χ0v) is 10.8. The quantitative estimate of drug-likeness (QED) is 0.866. The van der Waals surface area contributed by atoms with Gasteiger partial charge in [-0.2, -0.15) is 0 Å². The highest BCUT2D eigenvalue weighted by atomic mass is 32.1. The lowest BCUT2D eigenvalue weighted by atomic mass is 10.3. The SMILES string of the molecule is CC(=O)c1sc(NC(=O)c2cscn2)nc1C. The van der Waals surface area contributed by atoms with Crippen LogP contribution in [0.15, 0.2) is 10.9 Å². The van der Waals surface area contributed by atoms with Gasteiger partial charge < -0.3 is 0 Å². The zero-order valence-electron chi connectivity index (χ0n) is 9.18. The Balaban J connectivity index is 2.17. The summed E-state index contributed by atoms with van der Waals surface area (Å²) >= 11 is 2.52. The summed E-state index contributed by atoms with van der Waals surface area (Å²) in [6.45, 7) is 3.22. The third-order valence-electron chi connectivity index (χ3n) is 2.00. The van der Waals surface area contributed by atoms with Crippen LogP contribution in [0.25, 0.3) is 0 Å². The molecule has 0 radical (unpaired) electrons. The summed E-state index contributed by atoms with van der Waals surface area (Å²) < 4.78 is 0. The number of aromatic nitrogens is 2. The van der Waals surface area contributed by atoms with Gasteiger partial charge in [0.25, 0.3) is 5.91 Å². The van der Waals surface area contributed by atoms with Gasteiger partial charge in [-0.25, -0.2) is 9.97 Å². The van der Waals surface area contributed by atoms with Crippen molar-refractivity contribution < 1.29 is 9.59 Å². The summed E-state index contributed by atoms with van der Waals surface area (Å²) in [6.07, 6.45) is 0. The predicted molar refractivity (Wildman–Crippen MR) is 66.9 cm³/mol. The molecule has 5 nitrogen and oxygen atoms in total. The van der Waals surface area contributed by atoms with Gasteiger partial charge in [-0.15, -0.1) is 11.3 Å². The highest BCUT2D eigenvalue weighted by molar-refractivity contribution is 7.17. The highest BCUT2D eigenvalue weighted by Gasteiger charge is 2.14. The molecule has 0 bridgehead atoms. The molecule has 1 amide bonds. The van der Waals surface area contributed by atoms with Gasteiger partial charge in [-0.1, -0.05) is 11.3 Å². The first-order chi connectivity index (χ1) is 8.08. The first-order valence-electron chi connectivity index (χ1n) is 4.76. The molecule has 0 spiro atoms. The molecule has 0 saturated heterocycles. The van der Waals surface area contributed by atoms with Crippen molar-refractivity contribution in [1.29, 1.82) is 0 Å². The van der Waals surface area contributed by atoms with E-state index in [0.29, 0.717) is 21.4 Å². The second kappa shape index (κ2) is 4.72. The summed E-state index contributed by atoms with van der Waals surface area (Å²) in [5, 5.41) is 4.70. The maximum atomic E-state index is 11.7. The fourth-order valence-electron chi connectivity index (χ4n) is 1.26. The minimum atomic E-state index is -0.310. The molecule has 0 saturated carbocycles. The van der Waals surface area contributed by atoms with Crippen molar-refractivity contribution in [1.82, 2.24) is 9.97 Å². The number of hydrogen-bond acceptors (Lipinski definition) is 6. The Labute approximate surface area is 106 Å². The van der Waals surface area contributed by atoms with Crippen molar-refractivity contribution in [3.8, 4) is 0 Å². The maximum Gasteiger partial charge on any atom is 0.276 e. The molecule has 2 rings (SSSR count). The van der Waals surface area contributed by atoms with Gasteiger partial charge in [-0.3, -0.25) is 14.9 Å². The van der Waals surface area contributed by atoms with Crippen molar-refractivity contribution in [2.45, 2.75) is 13.8 Å². The predicted octanol–water partition coefficient (Wildman–Crippen LogP) is 2.36.